The van der Waals surface area contributed by atoms with Gasteiger partial charge < -0.3 is 10.2 Å². The Morgan fingerprint density at radius 1 is 1.19 bits per heavy atom. The fourth-order valence-electron chi connectivity index (χ4n) is 1.92. The standard InChI is InChI=1S/C11H19NO4/c1-3-4-5-6-7(2)12-10(15)8(13)9(14)11(12)16/h7-9,13-14H,3-6H2,1-2H3/t7?,8-,9-/m1/s1. The minimum absolute atomic E-state index is 0.252. The number of amides is 2. The van der Waals surface area contributed by atoms with E-state index in [1.165, 1.54) is 0 Å². The van der Waals surface area contributed by atoms with Crippen LogP contribution in [0.15, 0.2) is 0 Å². The normalized spacial score (nSPS) is 27.6. The van der Waals surface area contributed by atoms with Gasteiger partial charge >= 0.3 is 0 Å². The predicted octanol–water partition coefficient (Wildman–Crippen LogP) is 0.0458. The lowest BCUT2D eigenvalue weighted by atomic mass is 10.1. The van der Waals surface area contributed by atoms with E-state index in [4.69, 9.17) is 0 Å². The second-order valence-corrected chi connectivity index (χ2v) is 4.28. The highest BCUT2D eigenvalue weighted by atomic mass is 16.4. The smallest absolute Gasteiger partial charge is 0.261 e. The van der Waals surface area contributed by atoms with Gasteiger partial charge in [-0.25, -0.2) is 0 Å². The van der Waals surface area contributed by atoms with Crippen molar-refractivity contribution < 1.29 is 19.8 Å². The molecule has 1 aliphatic heterocycles. The zero-order chi connectivity index (χ0) is 12.3. The summed E-state index contributed by atoms with van der Waals surface area (Å²) in [7, 11) is 0. The first-order valence-corrected chi connectivity index (χ1v) is 5.73. The van der Waals surface area contributed by atoms with Gasteiger partial charge in [-0.15, -0.1) is 0 Å². The topological polar surface area (TPSA) is 77.8 Å². The Labute approximate surface area is 95.1 Å². The van der Waals surface area contributed by atoms with Crippen molar-refractivity contribution in [3.05, 3.63) is 0 Å². The Kier molecular flexibility index (Phi) is 4.44. The Morgan fingerprint density at radius 3 is 2.12 bits per heavy atom. The minimum atomic E-state index is -1.58. The van der Waals surface area contributed by atoms with E-state index in [0.29, 0.717) is 6.42 Å². The largest absolute Gasteiger partial charge is 0.380 e. The molecule has 0 aromatic carbocycles. The molecule has 1 unspecified atom stereocenters. The molecule has 1 saturated heterocycles. The highest BCUT2D eigenvalue weighted by Gasteiger charge is 2.47. The van der Waals surface area contributed by atoms with Crippen molar-refractivity contribution in [1.29, 1.82) is 0 Å². The second kappa shape index (κ2) is 5.41. The van der Waals surface area contributed by atoms with Crippen LogP contribution in [0, 0.1) is 0 Å². The van der Waals surface area contributed by atoms with Gasteiger partial charge in [0.25, 0.3) is 11.8 Å². The molecule has 0 aromatic heterocycles. The molecule has 3 atom stereocenters. The molecule has 0 bridgehead atoms. The maximum Gasteiger partial charge on any atom is 0.261 e. The molecule has 1 heterocycles. The number of nitrogens with zero attached hydrogens (tertiary/aromatic N) is 1. The number of rotatable bonds is 5. The molecule has 1 rings (SSSR count). The first kappa shape index (κ1) is 13.1. The number of likely N-dealkylation sites (tertiary alicyclic amines) is 1. The summed E-state index contributed by atoms with van der Waals surface area (Å²) in [6.45, 7) is 3.83. The van der Waals surface area contributed by atoms with Crippen LogP contribution in [-0.2, 0) is 9.59 Å². The number of unbranched alkanes of at least 4 members (excludes halogenated alkanes) is 2. The Hall–Kier alpha value is -0.940. The SMILES string of the molecule is CCCCCC(C)N1C(=O)[C@H](O)[C@@H](O)C1=O. The van der Waals surface area contributed by atoms with Crippen molar-refractivity contribution in [1.82, 2.24) is 4.90 Å². The van der Waals surface area contributed by atoms with Crippen LogP contribution in [0.25, 0.3) is 0 Å². The summed E-state index contributed by atoms with van der Waals surface area (Å²) in [4.78, 5) is 24.0. The fraction of sp³-hybridized carbons (Fsp3) is 0.818. The predicted molar refractivity (Wildman–Crippen MR) is 57.5 cm³/mol. The molecular formula is C11H19NO4. The van der Waals surface area contributed by atoms with E-state index in [1.807, 2.05) is 0 Å². The zero-order valence-corrected chi connectivity index (χ0v) is 9.72. The van der Waals surface area contributed by atoms with Crippen LogP contribution in [0.5, 0.6) is 0 Å². The van der Waals surface area contributed by atoms with Gasteiger partial charge in [0, 0.05) is 6.04 Å². The molecule has 92 valence electrons. The van der Waals surface area contributed by atoms with E-state index in [1.54, 1.807) is 6.92 Å². The van der Waals surface area contributed by atoms with E-state index in [9.17, 15) is 19.8 Å². The van der Waals surface area contributed by atoms with Gasteiger partial charge in [0.1, 0.15) is 0 Å². The van der Waals surface area contributed by atoms with E-state index >= 15 is 0 Å². The third-order valence-electron chi connectivity index (χ3n) is 2.95. The maximum absolute atomic E-state index is 11.5. The number of aliphatic hydroxyl groups is 2. The van der Waals surface area contributed by atoms with E-state index < -0.39 is 24.0 Å². The Bertz CT molecular complexity index is 259. The summed E-state index contributed by atoms with van der Waals surface area (Å²) >= 11 is 0. The molecule has 5 nitrogen and oxygen atoms in total. The lowest BCUT2D eigenvalue weighted by Crippen LogP contribution is -2.39. The van der Waals surface area contributed by atoms with Crippen LogP contribution in [-0.4, -0.2) is 45.2 Å². The molecule has 5 heteroatoms. The van der Waals surface area contributed by atoms with Crippen molar-refractivity contribution in [2.75, 3.05) is 0 Å². The van der Waals surface area contributed by atoms with Crippen LogP contribution >= 0.6 is 0 Å². The average Bonchev–Trinajstić information content (AvgIpc) is 2.44. The number of carbonyl (C=O) groups is 2. The first-order valence-electron chi connectivity index (χ1n) is 5.73. The van der Waals surface area contributed by atoms with Crippen LogP contribution in [0.3, 0.4) is 0 Å². The molecule has 2 amide bonds. The van der Waals surface area contributed by atoms with E-state index in [2.05, 4.69) is 6.92 Å². The van der Waals surface area contributed by atoms with Crippen LogP contribution in [0.2, 0.25) is 0 Å². The van der Waals surface area contributed by atoms with Gasteiger partial charge in [-0.05, 0) is 13.3 Å². The quantitative estimate of drug-likeness (QED) is 0.515. The molecule has 2 N–H and O–H groups in total. The maximum atomic E-state index is 11.5. The summed E-state index contributed by atoms with van der Waals surface area (Å²) in [6.07, 6.45) is 0.597. The van der Waals surface area contributed by atoms with Gasteiger partial charge in [-0.1, -0.05) is 26.2 Å². The van der Waals surface area contributed by atoms with Crippen molar-refractivity contribution in [2.45, 2.75) is 57.8 Å². The van der Waals surface area contributed by atoms with Crippen molar-refractivity contribution >= 4 is 11.8 Å². The van der Waals surface area contributed by atoms with Gasteiger partial charge in [0.15, 0.2) is 12.2 Å². The van der Waals surface area contributed by atoms with Crippen LogP contribution in [0.1, 0.15) is 39.5 Å². The molecule has 16 heavy (non-hydrogen) atoms. The van der Waals surface area contributed by atoms with Crippen molar-refractivity contribution in [3.63, 3.8) is 0 Å². The third kappa shape index (κ3) is 2.41. The molecule has 0 aliphatic carbocycles. The lowest BCUT2D eigenvalue weighted by Gasteiger charge is -2.22. The molecule has 0 aromatic rings. The summed E-state index contributed by atoms with van der Waals surface area (Å²) in [5, 5.41) is 18.5. The molecule has 0 spiro atoms. The molecule has 0 radical (unpaired) electrons. The van der Waals surface area contributed by atoms with Crippen LogP contribution in [0.4, 0.5) is 0 Å². The summed E-state index contributed by atoms with van der Waals surface area (Å²) in [6, 6.07) is -0.252. The summed E-state index contributed by atoms with van der Waals surface area (Å²) < 4.78 is 0. The Balaban J connectivity index is 2.58. The van der Waals surface area contributed by atoms with E-state index in [0.717, 1.165) is 24.2 Å². The second-order valence-electron chi connectivity index (χ2n) is 4.28. The Morgan fingerprint density at radius 2 is 1.69 bits per heavy atom. The number of carbonyl (C=O) groups excluding carboxylic acids is 2. The fourth-order valence-corrected chi connectivity index (χ4v) is 1.92. The number of imide groups is 1. The minimum Gasteiger partial charge on any atom is -0.380 e. The van der Waals surface area contributed by atoms with E-state index in [-0.39, 0.29) is 6.04 Å². The van der Waals surface area contributed by atoms with Gasteiger partial charge in [0.05, 0.1) is 0 Å². The number of hydrogen-bond acceptors (Lipinski definition) is 4. The zero-order valence-electron chi connectivity index (χ0n) is 9.72. The number of aliphatic hydroxyl groups excluding tert-OH is 2. The molecule has 0 saturated carbocycles. The van der Waals surface area contributed by atoms with Crippen molar-refractivity contribution in [3.8, 4) is 0 Å². The molecule has 1 fully saturated rings. The van der Waals surface area contributed by atoms with Crippen LogP contribution < -0.4 is 0 Å². The molecular weight excluding hydrogens is 210 g/mol. The van der Waals surface area contributed by atoms with Gasteiger partial charge in [-0.3, -0.25) is 14.5 Å². The summed E-state index contributed by atoms with van der Waals surface area (Å²) in [5.41, 5.74) is 0. The van der Waals surface area contributed by atoms with Gasteiger partial charge in [0.2, 0.25) is 0 Å². The highest BCUT2D eigenvalue weighted by molar-refractivity contribution is 6.07. The highest BCUT2D eigenvalue weighted by Crippen LogP contribution is 2.20. The number of hydrogen-bond donors (Lipinski definition) is 2. The monoisotopic (exact) mass is 229 g/mol. The summed E-state index contributed by atoms with van der Waals surface area (Å²) in [5.74, 6) is -1.36. The first-order chi connectivity index (χ1) is 7.50. The third-order valence-corrected chi connectivity index (χ3v) is 2.95. The van der Waals surface area contributed by atoms with Crippen molar-refractivity contribution in [2.24, 2.45) is 0 Å². The molecule has 1 aliphatic rings. The lowest BCUT2D eigenvalue weighted by molar-refractivity contribution is -0.143. The average molecular weight is 229 g/mol. The van der Waals surface area contributed by atoms with Gasteiger partial charge in [-0.2, -0.15) is 0 Å².